The van der Waals surface area contributed by atoms with Gasteiger partial charge in [-0.05, 0) is 37.7 Å². The van der Waals surface area contributed by atoms with Gasteiger partial charge in [-0.1, -0.05) is 0 Å². The maximum atomic E-state index is 12.4. The van der Waals surface area contributed by atoms with Crippen molar-refractivity contribution in [3.05, 3.63) is 0 Å². The van der Waals surface area contributed by atoms with Gasteiger partial charge in [-0.2, -0.15) is 11.8 Å². The van der Waals surface area contributed by atoms with Crippen LogP contribution in [0.1, 0.15) is 32.6 Å². The van der Waals surface area contributed by atoms with Gasteiger partial charge in [0.15, 0.2) is 0 Å². The molecule has 0 unspecified atom stereocenters. The Hall–Kier alpha value is -0.360. The molecule has 3 rings (SSSR count). The fourth-order valence-electron chi connectivity index (χ4n) is 3.15. The molecule has 2 atom stereocenters. The number of hydrogen-bond acceptors (Lipinski definition) is 4. The van der Waals surface area contributed by atoms with Crippen LogP contribution in [0.5, 0.6) is 0 Å². The van der Waals surface area contributed by atoms with Crippen molar-refractivity contribution in [3.8, 4) is 0 Å². The maximum Gasteiger partial charge on any atom is 0.243 e. The number of rotatable bonds is 2. The number of nitrogens with zero attached hydrogens (tertiary/aromatic N) is 1. The summed E-state index contributed by atoms with van der Waals surface area (Å²) in [4.78, 5) is 26.1. The summed E-state index contributed by atoms with van der Waals surface area (Å²) in [7, 11) is 0. The summed E-state index contributed by atoms with van der Waals surface area (Å²) in [5, 5.41) is 3.15. The lowest BCUT2D eigenvalue weighted by Crippen LogP contribution is -2.52. The van der Waals surface area contributed by atoms with Gasteiger partial charge in [0.05, 0.1) is 4.87 Å². The maximum absolute atomic E-state index is 12.4. The predicted octanol–water partition coefficient (Wildman–Crippen LogP) is 1.45. The van der Waals surface area contributed by atoms with Crippen molar-refractivity contribution < 1.29 is 9.59 Å². The van der Waals surface area contributed by atoms with E-state index in [2.05, 4.69) is 12.2 Å². The van der Waals surface area contributed by atoms with Crippen LogP contribution in [0.2, 0.25) is 0 Å². The molecule has 3 aliphatic heterocycles. The highest BCUT2D eigenvalue weighted by Gasteiger charge is 2.52. The molecule has 4 nitrogen and oxygen atoms in total. The van der Waals surface area contributed by atoms with E-state index in [1.54, 1.807) is 11.8 Å². The number of thioether (sulfide) groups is 2. The zero-order chi connectivity index (χ0) is 13.5. The molecule has 2 amide bonds. The van der Waals surface area contributed by atoms with Crippen molar-refractivity contribution in [1.29, 1.82) is 0 Å². The second-order valence-corrected chi connectivity index (χ2v) is 8.39. The van der Waals surface area contributed by atoms with E-state index in [1.807, 2.05) is 16.7 Å². The Balaban J connectivity index is 1.65. The van der Waals surface area contributed by atoms with Crippen LogP contribution in [-0.4, -0.2) is 50.9 Å². The summed E-state index contributed by atoms with van der Waals surface area (Å²) in [5.41, 5.74) is 0. The van der Waals surface area contributed by atoms with E-state index in [0.717, 1.165) is 36.5 Å². The summed E-state index contributed by atoms with van der Waals surface area (Å²) in [6, 6.07) is 0.0582. The first-order valence-electron chi connectivity index (χ1n) is 6.94. The summed E-state index contributed by atoms with van der Waals surface area (Å²) < 4.78 is 0. The van der Waals surface area contributed by atoms with E-state index >= 15 is 0 Å². The van der Waals surface area contributed by atoms with E-state index in [0.29, 0.717) is 12.5 Å². The smallest absolute Gasteiger partial charge is 0.243 e. The van der Waals surface area contributed by atoms with Gasteiger partial charge in [0.1, 0.15) is 6.04 Å². The zero-order valence-corrected chi connectivity index (χ0v) is 12.8. The predicted molar refractivity (Wildman–Crippen MR) is 79.2 cm³/mol. The van der Waals surface area contributed by atoms with Gasteiger partial charge in [-0.15, -0.1) is 11.8 Å². The molecule has 0 spiro atoms. The van der Waals surface area contributed by atoms with Crippen LogP contribution in [-0.2, 0) is 9.59 Å². The molecule has 106 valence electrons. The molecule has 0 bridgehead atoms. The monoisotopic (exact) mass is 300 g/mol. The fraction of sp³-hybridized carbons (Fsp3) is 0.846. The molecule has 3 saturated heterocycles. The van der Waals surface area contributed by atoms with Crippen molar-refractivity contribution in [2.24, 2.45) is 0 Å². The largest absolute Gasteiger partial charge is 0.351 e. The van der Waals surface area contributed by atoms with Gasteiger partial charge in [-0.25, -0.2) is 0 Å². The minimum Gasteiger partial charge on any atom is -0.351 e. The summed E-state index contributed by atoms with van der Waals surface area (Å²) in [6.07, 6.45) is 3.58. The molecule has 6 heteroatoms. The lowest BCUT2D eigenvalue weighted by atomic mass is 10.1. The highest BCUT2D eigenvalue weighted by atomic mass is 32.2. The minimum absolute atomic E-state index is 0.0587. The minimum atomic E-state index is -0.250. The van der Waals surface area contributed by atoms with Crippen molar-refractivity contribution in [2.75, 3.05) is 17.3 Å². The first kappa shape index (κ1) is 13.6. The van der Waals surface area contributed by atoms with Gasteiger partial charge in [-0.3, -0.25) is 9.59 Å². The van der Waals surface area contributed by atoms with Gasteiger partial charge in [0, 0.05) is 18.2 Å². The summed E-state index contributed by atoms with van der Waals surface area (Å²) >= 11 is 3.71. The van der Waals surface area contributed by atoms with E-state index < -0.39 is 0 Å². The highest BCUT2D eigenvalue weighted by Crippen LogP contribution is 2.47. The lowest BCUT2D eigenvalue weighted by molar-refractivity contribution is -0.138. The molecule has 0 saturated carbocycles. The van der Waals surface area contributed by atoms with E-state index in [-0.39, 0.29) is 22.7 Å². The molecule has 19 heavy (non-hydrogen) atoms. The average molecular weight is 300 g/mol. The Morgan fingerprint density at radius 2 is 2.16 bits per heavy atom. The third-order valence-corrected chi connectivity index (χ3v) is 6.87. The number of carbonyl (C=O) groups is 2. The first-order chi connectivity index (χ1) is 9.10. The molecule has 3 fully saturated rings. The Bertz CT molecular complexity index is 398. The van der Waals surface area contributed by atoms with Gasteiger partial charge in [0.25, 0.3) is 0 Å². The van der Waals surface area contributed by atoms with Crippen LogP contribution in [0.15, 0.2) is 0 Å². The number of hydrogen-bond donors (Lipinski definition) is 1. The molecule has 0 radical (unpaired) electrons. The lowest BCUT2D eigenvalue weighted by Gasteiger charge is -2.31. The normalized spacial score (nSPS) is 35.5. The Morgan fingerprint density at radius 1 is 1.42 bits per heavy atom. The van der Waals surface area contributed by atoms with Crippen LogP contribution in [0, 0.1) is 0 Å². The fourth-order valence-corrected chi connectivity index (χ4v) is 5.69. The zero-order valence-electron chi connectivity index (χ0n) is 11.2. The summed E-state index contributed by atoms with van der Waals surface area (Å²) in [6.45, 7) is 2.09. The van der Waals surface area contributed by atoms with Crippen molar-refractivity contribution in [3.63, 3.8) is 0 Å². The molecule has 1 N–H and O–H groups in total. The Morgan fingerprint density at radius 3 is 2.89 bits per heavy atom. The van der Waals surface area contributed by atoms with Crippen LogP contribution in [0.4, 0.5) is 0 Å². The number of amides is 2. The van der Waals surface area contributed by atoms with E-state index in [4.69, 9.17) is 0 Å². The highest BCUT2D eigenvalue weighted by molar-refractivity contribution is 8.01. The quantitative estimate of drug-likeness (QED) is 0.838. The summed E-state index contributed by atoms with van der Waals surface area (Å²) in [5.74, 6) is 3.21. The van der Waals surface area contributed by atoms with Crippen LogP contribution in [0.3, 0.4) is 0 Å². The average Bonchev–Trinajstić information content (AvgIpc) is 2.88. The van der Waals surface area contributed by atoms with E-state index in [9.17, 15) is 9.59 Å². The van der Waals surface area contributed by atoms with E-state index in [1.165, 1.54) is 0 Å². The van der Waals surface area contributed by atoms with Crippen LogP contribution in [0.25, 0.3) is 0 Å². The molecular formula is C13H20N2O2S2. The number of fused-ring (bicyclic) bond motifs is 1. The molecule has 0 aromatic heterocycles. The van der Waals surface area contributed by atoms with Gasteiger partial charge < -0.3 is 10.2 Å². The second-order valence-electron chi connectivity index (χ2n) is 5.66. The standard InChI is InChI=1S/C13H20N2O2S2/c1-13-5-2-11(16)15(13)10(8-19-13)12(17)14-9-3-6-18-7-4-9/h9-10H,2-8H2,1H3,(H,14,17)/t10-,13-/m0/s1. The molecule has 0 aliphatic carbocycles. The van der Waals surface area contributed by atoms with Crippen molar-refractivity contribution in [1.82, 2.24) is 10.2 Å². The number of carbonyl (C=O) groups excluding carboxylic acids is 2. The van der Waals surface area contributed by atoms with Gasteiger partial charge >= 0.3 is 0 Å². The third-order valence-electron chi connectivity index (χ3n) is 4.32. The topological polar surface area (TPSA) is 49.4 Å². The molecule has 3 heterocycles. The Labute approximate surface area is 122 Å². The van der Waals surface area contributed by atoms with Crippen molar-refractivity contribution >= 4 is 35.3 Å². The SMILES string of the molecule is C[C@]12CCC(=O)N1[C@H](C(=O)NC1CCSCC1)CS2. The first-order valence-corrected chi connectivity index (χ1v) is 9.08. The molecule has 0 aromatic rings. The van der Waals surface area contributed by atoms with Crippen molar-refractivity contribution in [2.45, 2.75) is 49.6 Å². The molecular weight excluding hydrogens is 280 g/mol. The second kappa shape index (κ2) is 5.20. The Kier molecular flexibility index (Phi) is 3.73. The molecule has 0 aromatic carbocycles. The third kappa shape index (κ3) is 2.49. The molecule has 3 aliphatic rings. The van der Waals surface area contributed by atoms with Crippen LogP contribution < -0.4 is 5.32 Å². The van der Waals surface area contributed by atoms with Crippen LogP contribution >= 0.6 is 23.5 Å². The van der Waals surface area contributed by atoms with Gasteiger partial charge in [0.2, 0.25) is 11.8 Å². The number of nitrogens with one attached hydrogen (secondary N) is 1.